The number of aromatic nitrogens is 6. The molecule has 0 amide bonds. The van der Waals surface area contributed by atoms with Gasteiger partial charge in [0.2, 0.25) is 0 Å². The van der Waals surface area contributed by atoms with E-state index in [-0.39, 0.29) is 11.4 Å². The van der Waals surface area contributed by atoms with Gasteiger partial charge in [-0.3, -0.25) is 20.8 Å². The van der Waals surface area contributed by atoms with Crippen molar-refractivity contribution in [3.8, 4) is 45.6 Å². The molecule has 0 bridgehead atoms. The Labute approximate surface area is 295 Å². The Balaban J connectivity index is 0.000000520. The first-order valence-corrected chi connectivity index (χ1v) is 16.2. The number of pyridine rings is 6. The first-order chi connectivity index (χ1) is 25.0. The van der Waals surface area contributed by atoms with Crippen LogP contribution in [0.3, 0.4) is 0 Å². The van der Waals surface area contributed by atoms with Crippen LogP contribution in [0.2, 0.25) is 0 Å². The molecule has 8 rings (SSSR count). The van der Waals surface area contributed by atoms with Crippen molar-refractivity contribution in [3.05, 3.63) is 175 Å². The maximum absolute atomic E-state index is 8.71. The summed E-state index contributed by atoms with van der Waals surface area (Å²) < 4.78 is 0. The van der Waals surface area contributed by atoms with Crippen LogP contribution >= 0.6 is 0 Å². The summed E-state index contributed by atoms with van der Waals surface area (Å²) in [5, 5.41) is 17.3. The number of allylic oxidation sites excluding steroid dienone is 4. The van der Waals surface area contributed by atoms with E-state index in [0.717, 1.165) is 28.5 Å². The summed E-state index contributed by atoms with van der Waals surface area (Å²) in [5.74, 6) is 0. The summed E-state index contributed by atoms with van der Waals surface area (Å²) in [6, 6.07) is 43.8. The van der Waals surface area contributed by atoms with Crippen LogP contribution in [0.5, 0.6) is 0 Å². The van der Waals surface area contributed by atoms with E-state index in [2.05, 4.69) is 9.97 Å². The summed E-state index contributed by atoms with van der Waals surface area (Å²) in [6.07, 6.45) is 7.02. The Morgan fingerprint density at radius 2 is 0.765 bits per heavy atom. The summed E-state index contributed by atoms with van der Waals surface area (Å²) in [7, 11) is 0. The number of nitrogens with one attached hydrogen (secondary N) is 2. The Morgan fingerprint density at radius 1 is 0.373 bits per heavy atom. The lowest BCUT2D eigenvalue weighted by atomic mass is 9.91. The predicted molar refractivity (Wildman–Crippen MR) is 204 cm³/mol. The number of rotatable bonds is 6. The van der Waals surface area contributed by atoms with Crippen molar-refractivity contribution in [2.24, 2.45) is 0 Å². The van der Waals surface area contributed by atoms with Gasteiger partial charge in [0.15, 0.2) is 0 Å². The standard InChI is InChI=1S/C36H24N8.C6H7N/c37-25-22-23(26-11-5-15-32(41-26)34-17-7-13-30(43-34)28-9-1-3-19-39-28)21-24(36(25)38)27-12-6-16-33(42-27)35-18-8-14-31(44-35)29-10-2-4-20-40-29;7-6-4-2-1-3-5-6/h1-22,37-38H;1-5H,7H2. The molecule has 6 heterocycles. The van der Waals surface area contributed by atoms with Gasteiger partial charge >= 0.3 is 0 Å². The van der Waals surface area contributed by atoms with E-state index in [4.69, 9.17) is 36.5 Å². The fourth-order valence-electron chi connectivity index (χ4n) is 5.38. The van der Waals surface area contributed by atoms with Crippen molar-refractivity contribution in [1.29, 1.82) is 10.8 Å². The number of nitrogens with zero attached hydrogens (tertiary/aromatic N) is 6. The molecule has 4 N–H and O–H groups in total. The van der Waals surface area contributed by atoms with Gasteiger partial charge in [-0.15, -0.1) is 0 Å². The zero-order valence-corrected chi connectivity index (χ0v) is 27.3. The van der Waals surface area contributed by atoms with Crippen LogP contribution in [0.25, 0.3) is 56.7 Å². The van der Waals surface area contributed by atoms with Gasteiger partial charge in [0, 0.05) is 29.2 Å². The van der Waals surface area contributed by atoms with Crippen LogP contribution in [0.1, 0.15) is 11.4 Å². The van der Waals surface area contributed by atoms with Gasteiger partial charge in [-0.25, -0.2) is 19.9 Å². The Hall–Kier alpha value is -7.26. The van der Waals surface area contributed by atoms with Gasteiger partial charge in [-0.1, -0.05) is 54.6 Å². The molecule has 6 aromatic heterocycles. The lowest BCUT2D eigenvalue weighted by molar-refractivity contribution is 1.20. The van der Waals surface area contributed by atoms with Gasteiger partial charge < -0.3 is 5.73 Å². The van der Waals surface area contributed by atoms with Crippen LogP contribution in [-0.2, 0) is 0 Å². The number of benzene rings is 1. The van der Waals surface area contributed by atoms with Crippen molar-refractivity contribution in [2.45, 2.75) is 0 Å². The molecule has 9 nitrogen and oxygen atoms in total. The molecule has 1 aromatic carbocycles. The monoisotopic (exact) mass is 661 g/mol. The van der Waals surface area contributed by atoms with E-state index in [1.54, 1.807) is 18.5 Å². The number of hydrogen-bond acceptors (Lipinski definition) is 9. The molecule has 1 aliphatic rings. The lowest BCUT2D eigenvalue weighted by Crippen LogP contribution is -2.17. The Bertz CT molecular complexity index is 2410. The molecule has 0 aliphatic heterocycles. The third kappa shape index (κ3) is 7.58. The molecule has 0 atom stereocenters. The van der Waals surface area contributed by atoms with E-state index in [1.165, 1.54) is 0 Å². The first-order valence-electron chi connectivity index (χ1n) is 16.2. The molecule has 0 fully saturated rings. The van der Waals surface area contributed by atoms with E-state index < -0.39 is 0 Å². The highest BCUT2D eigenvalue weighted by atomic mass is 14.8. The molecule has 0 radical (unpaired) electrons. The molecule has 0 saturated carbocycles. The maximum atomic E-state index is 8.71. The smallest absolute Gasteiger partial charge is 0.0894 e. The average molecular weight is 662 g/mol. The highest BCUT2D eigenvalue weighted by molar-refractivity contribution is 6.61. The van der Waals surface area contributed by atoms with E-state index in [9.17, 15) is 0 Å². The third-order valence-electron chi connectivity index (χ3n) is 7.89. The van der Waals surface area contributed by atoms with Crippen LogP contribution < -0.4 is 5.73 Å². The molecule has 9 heteroatoms. The number of hydrogen-bond donors (Lipinski definition) is 3. The average Bonchev–Trinajstić information content (AvgIpc) is 3.20. The lowest BCUT2D eigenvalue weighted by Gasteiger charge is -2.16. The van der Waals surface area contributed by atoms with Crippen molar-refractivity contribution >= 4 is 28.3 Å². The summed E-state index contributed by atoms with van der Waals surface area (Å²) in [6.45, 7) is 0. The van der Waals surface area contributed by atoms with E-state index >= 15 is 0 Å². The second-order valence-corrected chi connectivity index (χ2v) is 11.4. The minimum atomic E-state index is 0.0856. The maximum Gasteiger partial charge on any atom is 0.0894 e. The fraction of sp³-hybridized carbons (Fsp3) is 0. The molecule has 0 unspecified atom stereocenters. The van der Waals surface area contributed by atoms with Gasteiger partial charge in [-0.05, 0) is 97.1 Å². The normalized spacial score (nSPS) is 12.3. The second kappa shape index (κ2) is 14.9. The highest BCUT2D eigenvalue weighted by Crippen LogP contribution is 2.30. The Morgan fingerprint density at radius 3 is 1.22 bits per heavy atom. The molecular formula is C42H31N9. The third-order valence-corrected chi connectivity index (χ3v) is 7.89. The largest absolute Gasteiger partial charge is 0.399 e. The molecule has 244 valence electrons. The minimum absolute atomic E-state index is 0.0856. The molecular weight excluding hydrogens is 631 g/mol. The van der Waals surface area contributed by atoms with Gasteiger partial charge in [0.25, 0.3) is 0 Å². The number of anilines is 1. The van der Waals surface area contributed by atoms with Crippen LogP contribution in [0.4, 0.5) is 5.69 Å². The molecule has 7 aromatic rings. The van der Waals surface area contributed by atoms with Gasteiger partial charge in [0.05, 0.1) is 68.4 Å². The van der Waals surface area contributed by atoms with Gasteiger partial charge in [0.1, 0.15) is 0 Å². The topological polar surface area (TPSA) is 151 Å². The van der Waals surface area contributed by atoms with Crippen molar-refractivity contribution < 1.29 is 0 Å². The number of nitrogens with two attached hydrogens (primary N) is 1. The molecule has 1 aliphatic carbocycles. The van der Waals surface area contributed by atoms with Crippen LogP contribution in [0, 0.1) is 10.8 Å². The van der Waals surface area contributed by atoms with Crippen molar-refractivity contribution in [3.63, 3.8) is 0 Å². The Kier molecular flexibility index (Phi) is 9.42. The number of para-hydroxylation sites is 1. The fourth-order valence-corrected chi connectivity index (χ4v) is 5.38. The molecule has 0 saturated heterocycles. The SMILES string of the molecule is N=C1C=C(c2cccc(-c3cccc(-c4ccccn4)n3)n2)C=C(c2cccc(-c3cccc(-c4ccccn4)n3)n2)C1=N.Nc1ccccc1. The first kappa shape index (κ1) is 32.3. The minimum Gasteiger partial charge on any atom is -0.399 e. The van der Waals surface area contributed by atoms with E-state index in [0.29, 0.717) is 45.3 Å². The van der Waals surface area contributed by atoms with Crippen LogP contribution in [0.15, 0.2) is 164 Å². The van der Waals surface area contributed by atoms with E-state index in [1.807, 2.05) is 146 Å². The summed E-state index contributed by atoms with van der Waals surface area (Å²) >= 11 is 0. The summed E-state index contributed by atoms with van der Waals surface area (Å²) in [4.78, 5) is 28.2. The zero-order chi connectivity index (χ0) is 35.0. The van der Waals surface area contributed by atoms with Crippen molar-refractivity contribution in [2.75, 3.05) is 5.73 Å². The second-order valence-electron chi connectivity index (χ2n) is 11.4. The number of nitrogen functional groups attached to an aromatic ring is 1. The zero-order valence-electron chi connectivity index (χ0n) is 27.3. The van der Waals surface area contributed by atoms with Gasteiger partial charge in [-0.2, -0.15) is 0 Å². The molecule has 51 heavy (non-hydrogen) atoms. The summed E-state index contributed by atoms with van der Waals surface area (Å²) in [5.41, 5.74) is 14.7. The highest BCUT2D eigenvalue weighted by Gasteiger charge is 2.21. The molecule has 0 spiro atoms. The van der Waals surface area contributed by atoms with Crippen molar-refractivity contribution in [1.82, 2.24) is 29.9 Å². The quantitative estimate of drug-likeness (QED) is 0.119. The van der Waals surface area contributed by atoms with Crippen LogP contribution in [-0.4, -0.2) is 41.3 Å². The predicted octanol–water partition coefficient (Wildman–Crippen LogP) is 8.51.